The molecule has 2 rings (SSSR count). The summed E-state index contributed by atoms with van der Waals surface area (Å²) in [4.78, 5) is 21.7. The molecule has 1 aliphatic carbocycles. The van der Waals surface area contributed by atoms with Crippen LogP contribution < -0.4 is 10.0 Å². The topological polar surface area (TPSA) is 128 Å². The van der Waals surface area contributed by atoms with Crippen molar-refractivity contribution in [3.05, 3.63) is 28.3 Å². The largest absolute Gasteiger partial charge is 0.469 e. The van der Waals surface area contributed by atoms with E-state index in [9.17, 15) is 23.3 Å². The first-order valence-corrected chi connectivity index (χ1v) is 10.3. The van der Waals surface area contributed by atoms with Crippen LogP contribution in [0.4, 0.5) is 11.4 Å². The first-order valence-electron chi connectivity index (χ1n) is 8.84. The standard InChI is InChI=1S/C17H25N3O6S/c1-12-3-5-13(6-4-12)19-27(24,25)14-7-8-15(16(11-14)20(22)23)18-10-9-17(21)26-2/h7-8,11-13,18-19H,3-6,9-10H2,1-2H3. The number of hydrogen-bond acceptors (Lipinski definition) is 7. The lowest BCUT2D eigenvalue weighted by Crippen LogP contribution is -2.37. The molecule has 1 aromatic carbocycles. The molecule has 0 heterocycles. The van der Waals surface area contributed by atoms with Gasteiger partial charge in [-0.3, -0.25) is 14.9 Å². The van der Waals surface area contributed by atoms with E-state index in [0.29, 0.717) is 5.92 Å². The third-order valence-electron chi connectivity index (χ3n) is 4.69. The van der Waals surface area contributed by atoms with Gasteiger partial charge in [0.2, 0.25) is 10.0 Å². The number of carbonyl (C=O) groups is 1. The predicted octanol–water partition coefficient (Wildman–Crippen LogP) is 2.43. The van der Waals surface area contributed by atoms with E-state index in [1.165, 1.54) is 19.2 Å². The molecule has 0 saturated heterocycles. The number of nitrogens with zero attached hydrogens (tertiary/aromatic N) is 1. The molecular weight excluding hydrogens is 374 g/mol. The monoisotopic (exact) mass is 399 g/mol. The zero-order chi connectivity index (χ0) is 20.0. The lowest BCUT2D eigenvalue weighted by atomic mass is 9.88. The van der Waals surface area contributed by atoms with Crippen LogP contribution in [0.25, 0.3) is 0 Å². The highest BCUT2D eigenvalue weighted by Gasteiger charge is 2.26. The van der Waals surface area contributed by atoms with Gasteiger partial charge >= 0.3 is 5.97 Å². The van der Waals surface area contributed by atoms with E-state index in [4.69, 9.17) is 0 Å². The molecule has 1 aliphatic rings. The van der Waals surface area contributed by atoms with Crippen LogP contribution in [-0.4, -0.2) is 39.0 Å². The minimum absolute atomic E-state index is 0.0371. The van der Waals surface area contributed by atoms with E-state index in [-0.39, 0.29) is 35.3 Å². The second kappa shape index (κ2) is 9.14. The zero-order valence-corrected chi connectivity index (χ0v) is 16.3. The zero-order valence-electron chi connectivity index (χ0n) is 15.4. The lowest BCUT2D eigenvalue weighted by molar-refractivity contribution is -0.384. The van der Waals surface area contributed by atoms with Gasteiger partial charge in [-0.2, -0.15) is 0 Å². The Morgan fingerprint density at radius 2 is 1.96 bits per heavy atom. The Morgan fingerprint density at radius 1 is 1.30 bits per heavy atom. The molecular formula is C17H25N3O6S. The number of esters is 1. The summed E-state index contributed by atoms with van der Waals surface area (Å²) < 4.78 is 32.3. The second-order valence-electron chi connectivity index (χ2n) is 6.77. The van der Waals surface area contributed by atoms with Gasteiger partial charge in [0.15, 0.2) is 0 Å². The summed E-state index contributed by atoms with van der Waals surface area (Å²) in [7, 11) is -2.59. The first-order chi connectivity index (χ1) is 12.7. The SMILES string of the molecule is COC(=O)CCNc1ccc(S(=O)(=O)NC2CCC(C)CC2)cc1[N+](=O)[O-]. The maximum Gasteiger partial charge on any atom is 0.307 e. The average Bonchev–Trinajstić information content (AvgIpc) is 2.63. The normalized spacial score (nSPS) is 20.1. The number of sulfonamides is 1. The highest BCUT2D eigenvalue weighted by atomic mass is 32.2. The summed E-state index contributed by atoms with van der Waals surface area (Å²) in [6, 6.07) is 3.55. The number of nitrogens with one attached hydrogen (secondary N) is 2. The van der Waals surface area contributed by atoms with E-state index in [0.717, 1.165) is 31.7 Å². The van der Waals surface area contributed by atoms with Gasteiger partial charge in [0.25, 0.3) is 5.69 Å². The van der Waals surface area contributed by atoms with E-state index in [1.54, 1.807) is 0 Å². The van der Waals surface area contributed by atoms with Crippen LogP contribution in [0.1, 0.15) is 39.0 Å². The van der Waals surface area contributed by atoms with Gasteiger partial charge < -0.3 is 10.1 Å². The molecule has 10 heteroatoms. The van der Waals surface area contributed by atoms with Crippen molar-refractivity contribution < 1.29 is 22.9 Å². The molecule has 150 valence electrons. The molecule has 0 unspecified atom stereocenters. The van der Waals surface area contributed by atoms with Crippen molar-refractivity contribution in [1.29, 1.82) is 0 Å². The Kier molecular flexibility index (Phi) is 7.14. The van der Waals surface area contributed by atoms with E-state index >= 15 is 0 Å². The lowest BCUT2D eigenvalue weighted by Gasteiger charge is -2.26. The molecule has 1 fully saturated rings. The Bertz CT molecular complexity index is 788. The molecule has 0 bridgehead atoms. The fraction of sp³-hybridized carbons (Fsp3) is 0.588. The maximum absolute atomic E-state index is 12.6. The summed E-state index contributed by atoms with van der Waals surface area (Å²) in [5.41, 5.74) is -0.214. The number of rotatable bonds is 8. The third-order valence-corrected chi connectivity index (χ3v) is 6.20. The Labute approximate surface area is 158 Å². The van der Waals surface area contributed by atoms with Crippen molar-refractivity contribution in [3.8, 4) is 0 Å². The fourth-order valence-electron chi connectivity index (χ4n) is 3.05. The highest BCUT2D eigenvalue weighted by molar-refractivity contribution is 7.89. The quantitative estimate of drug-likeness (QED) is 0.390. The van der Waals surface area contributed by atoms with Crippen LogP contribution >= 0.6 is 0 Å². The van der Waals surface area contributed by atoms with Crippen molar-refractivity contribution in [2.24, 2.45) is 5.92 Å². The molecule has 1 saturated carbocycles. The fourth-order valence-corrected chi connectivity index (χ4v) is 4.37. The summed E-state index contributed by atoms with van der Waals surface area (Å²) in [6.45, 7) is 2.28. The Morgan fingerprint density at radius 3 is 2.56 bits per heavy atom. The van der Waals surface area contributed by atoms with Crippen LogP contribution in [0.2, 0.25) is 0 Å². The molecule has 27 heavy (non-hydrogen) atoms. The number of hydrogen-bond donors (Lipinski definition) is 2. The molecule has 9 nitrogen and oxygen atoms in total. The van der Waals surface area contributed by atoms with E-state index in [2.05, 4.69) is 21.7 Å². The van der Waals surface area contributed by atoms with Gasteiger partial charge in [-0.25, -0.2) is 13.1 Å². The predicted molar refractivity (Wildman–Crippen MR) is 100.0 cm³/mol. The van der Waals surface area contributed by atoms with Crippen LogP contribution in [0.3, 0.4) is 0 Å². The number of carbonyl (C=O) groups excluding carboxylic acids is 1. The molecule has 1 aromatic rings. The van der Waals surface area contributed by atoms with Crippen LogP contribution in [0, 0.1) is 16.0 Å². The number of nitro benzene ring substituents is 1. The molecule has 0 aromatic heterocycles. The second-order valence-corrected chi connectivity index (χ2v) is 8.48. The number of anilines is 1. The van der Waals surface area contributed by atoms with Crippen LogP contribution in [0.15, 0.2) is 23.1 Å². The molecule has 2 N–H and O–H groups in total. The minimum Gasteiger partial charge on any atom is -0.469 e. The molecule has 0 atom stereocenters. The summed E-state index contributed by atoms with van der Waals surface area (Å²) in [5, 5.41) is 14.1. The number of methoxy groups -OCH3 is 1. The van der Waals surface area contributed by atoms with E-state index < -0.39 is 20.9 Å². The molecule has 0 amide bonds. The van der Waals surface area contributed by atoms with E-state index in [1.807, 2.05) is 0 Å². The van der Waals surface area contributed by atoms with Gasteiger partial charge in [0, 0.05) is 18.7 Å². The maximum atomic E-state index is 12.6. The Balaban J connectivity index is 2.13. The number of nitro groups is 1. The van der Waals surface area contributed by atoms with Crippen molar-refractivity contribution in [2.45, 2.75) is 50.0 Å². The van der Waals surface area contributed by atoms with Gasteiger partial charge in [-0.15, -0.1) is 0 Å². The van der Waals surface area contributed by atoms with Crippen molar-refractivity contribution >= 4 is 27.4 Å². The minimum atomic E-state index is -3.84. The van der Waals surface area contributed by atoms with Crippen molar-refractivity contribution in [1.82, 2.24) is 4.72 Å². The number of benzene rings is 1. The van der Waals surface area contributed by atoms with Crippen molar-refractivity contribution in [2.75, 3.05) is 19.0 Å². The first kappa shape index (κ1) is 21.1. The molecule has 0 radical (unpaired) electrons. The van der Waals surface area contributed by atoms with Gasteiger partial charge in [0.1, 0.15) is 5.69 Å². The molecule has 0 spiro atoms. The Hall–Kier alpha value is -2.20. The van der Waals surface area contributed by atoms with Gasteiger partial charge in [-0.05, 0) is 43.7 Å². The summed E-state index contributed by atoms with van der Waals surface area (Å²) in [6.07, 6.45) is 3.47. The molecule has 0 aliphatic heterocycles. The average molecular weight is 399 g/mol. The summed E-state index contributed by atoms with van der Waals surface area (Å²) >= 11 is 0. The number of ether oxygens (including phenoxy) is 1. The van der Waals surface area contributed by atoms with Gasteiger partial charge in [0.05, 0.1) is 23.3 Å². The van der Waals surface area contributed by atoms with Crippen LogP contribution in [-0.2, 0) is 19.6 Å². The third kappa shape index (κ3) is 5.90. The van der Waals surface area contributed by atoms with Crippen molar-refractivity contribution in [3.63, 3.8) is 0 Å². The summed E-state index contributed by atoms with van der Waals surface area (Å²) in [5.74, 6) is 0.137. The highest BCUT2D eigenvalue weighted by Crippen LogP contribution is 2.29. The smallest absolute Gasteiger partial charge is 0.307 e. The van der Waals surface area contributed by atoms with Crippen LogP contribution in [0.5, 0.6) is 0 Å². The van der Waals surface area contributed by atoms with Gasteiger partial charge in [-0.1, -0.05) is 6.92 Å².